The predicted molar refractivity (Wildman–Crippen MR) is 105 cm³/mol. The van der Waals surface area contributed by atoms with Gasteiger partial charge in [-0.3, -0.25) is 4.79 Å². The second kappa shape index (κ2) is 7.12. The van der Waals surface area contributed by atoms with E-state index in [1.807, 2.05) is 55.5 Å². The Bertz CT molecular complexity index is 894. The van der Waals surface area contributed by atoms with Gasteiger partial charge < -0.3 is 9.29 Å². The van der Waals surface area contributed by atoms with Crippen LogP contribution in [0, 0.1) is 0 Å². The summed E-state index contributed by atoms with van der Waals surface area (Å²) in [5.74, 6) is 0.250. The van der Waals surface area contributed by atoms with Gasteiger partial charge in [-0.25, -0.2) is 0 Å². The molecule has 0 aliphatic heterocycles. The van der Waals surface area contributed by atoms with Gasteiger partial charge in [0.15, 0.2) is 4.90 Å². The van der Waals surface area contributed by atoms with Crippen LogP contribution in [0.2, 0.25) is 0 Å². The van der Waals surface area contributed by atoms with Crippen LogP contribution in [0.1, 0.15) is 30.5 Å². The maximum absolute atomic E-state index is 11.5. The van der Waals surface area contributed by atoms with E-state index in [0.717, 1.165) is 37.6 Å². The third kappa shape index (κ3) is 3.68. The summed E-state index contributed by atoms with van der Waals surface area (Å²) in [4.78, 5) is 13.1. The maximum atomic E-state index is 11.5. The first-order chi connectivity index (χ1) is 11.9. The van der Waals surface area contributed by atoms with Crippen LogP contribution < -0.4 is 0 Å². The molecule has 128 valence electrons. The van der Waals surface area contributed by atoms with Gasteiger partial charge in [0.1, 0.15) is 12.0 Å². The van der Waals surface area contributed by atoms with E-state index in [-0.39, 0.29) is 5.97 Å². The summed E-state index contributed by atoms with van der Waals surface area (Å²) >= 11 is 3.43. The first kappa shape index (κ1) is 17.9. The maximum Gasteiger partial charge on any atom is 0.308 e. The summed E-state index contributed by atoms with van der Waals surface area (Å²) in [6.45, 7) is 3.34. The third-order valence-corrected chi connectivity index (χ3v) is 5.27. The van der Waals surface area contributed by atoms with Crippen LogP contribution in [0.5, 0.6) is 0 Å². The number of allylic oxidation sites excluding steroid dienone is 2. The number of thiol groups is 1. The second-order valence-electron chi connectivity index (χ2n) is 5.86. The van der Waals surface area contributed by atoms with Crippen molar-refractivity contribution in [3.63, 3.8) is 0 Å². The van der Waals surface area contributed by atoms with Crippen molar-refractivity contribution in [3.05, 3.63) is 64.7 Å². The molecule has 5 heteroatoms. The SMILES string of the molecule is CC(=O)OC1=C(C)C(=Cc2ccc([S+](C)[O-])cc2)c2cc(S)ccc21. The average molecular weight is 370 g/mol. The molecular formula is C20H18O3S2. The Balaban J connectivity index is 2.09. The number of hydrogen-bond donors (Lipinski definition) is 1. The fourth-order valence-electron chi connectivity index (χ4n) is 2.86. The molecule has 0 heterocycles. The van der Waals surface area contributed by atoms with Gasteiger partial charge in [0.25, 0.3) is 0 Å². The lowest BCUT2D eigenvalue weighted by molar-refractivity contribution is -0.134. The Morgan fingerprint density at radius 1 is 1.16 bits per heavy atom. The molecule has 0 spiro atoms. The minimum Gasteiger partial charge on any atom is -0.612 e. The van der Waals surface area contributed by atoms with Gasteiger partial charge >= 0.3 is 5.97 Å². The van der Waals surface area contributed by atoms with Crippen LogP contribution in [0.15, 0.2) is 57.8 Å². The Labute approximate surface area is 156 Å². The van der Waals surface area contributed by atoms with Crippen molar-refractivity contribution >= 4 is 47.2 Å². The zero-order chi connectivity index (χ0) is 18.1. The Morgan fingerprint density at radius 3 is 2.44 bits per heavy atom. The lowest BCUT2D eigenvalue weighted by Crippen LogP contribution is -1.98. The summed E-state index contributed by atoms with van der Waals surface area (Å²) < 4.78 is 17.0. The number of ether oxygens (including phenoxy) is 1. The topological polar surface area (TPSA) is 49.4 Å². The van der Waals surface area contributed by atoms with E-state index in [9.17, 15) is 9.35 Å². The number of benzene rings is 2. The summed E-state index contributed by atoms with van der Waals surface area (Å²) in [5, 5.41) is 0. The van der Waals surface area contributed by atoms with E-state index < -0.39 is 11.2 Å². The fourth-order valence-corrected chi connectivity index (χ4v) is 3.59. The third-order valence-electron chi connectivity index (χ3n) is 4.05. The smallest absolute Gasteiger partial charge is 0.308 e. The molecule has 0 amide bonds. The van der Waals surface area contributed by atoms with E-state index >= 15 is 0 Å². The standard InChI is InChI=1S/C20H18O3S2/c1-12-18(10-14-4-7-16(8-5-14)25(3)22)19-11-15(24)6-9-17(19)20(12)23-13(2)21/h4-11,24H,1-3H3. The molecule has 0 fully saturated rings. The molecule has 2 aromatic carbocycles. The molecule has 0 bridgehead atoms. The molecule has 1 atom stereocenters. The van der Waals surface area contributed by atoms with Crippen LogP contribution in [-0.4, -0.2) is 16.8 Å². The zero-order valence-electron chi connectivity index (χ0n) is 14.2. The monoisotopic (exact) mass is 370 g/mol. The molecule has 1 aliphatic carbocycles. The second-order valence-corrected chi connectivity index (χ2v) is 7.75. The average Bonchev–Trinajstić information content (AvgIpc) is 2.80. The Morgan fingerprint density at radius 2 is 1.84 bits per heavy atom. The summed E-state index contributed by atoms with van der Waals surface area (Å²) in [6.07, 6.45) is 3.70. The van der Waals surface area contributed by atoms with Crippen molar-refractivity contribution in [3.8, 4) is 0 Å². The zero-order valence-corrected chi connectivity index (χ0v) is 15.9. The molecule has 0 saturated carbocycles. The van der Waals surface area contributed by atoms with Gasteiger partial charge in [-0.15, -0.1) is 12.6 Å². The van der Waals surface area contributed by atoms with Crippen LogP contribution >= 0.6 is 12.6 Å². The van der Waals surface area contributed by atoms with E-state index in [4.69, 9.17) is 4.74 Å². The highest BCUT2D eigenvalue weighted by Gasteiger charge is 2.26. The molecule has 3 nitrogen and oxygen atoms in total. The highest BCUT2D eigenvalue weighted by atomic mass is 32.2. The van der Waals surface area contributed by atoms with Crippen LogP contribution in [0.25, 0.3) is 17.4 Å². The summed E-state index contributed by atoms with van der Waals surface area (Å²) in [7, 11) is 0. The molecule has 0 N–H and O–H groups in total. The number of fused-ring (bicyclic) bond motifs is 1. The van der Waals surface area contributed by atoms with Crippen molar-refractivity contribution < 1.29 is 14.1 Å². The van der Waals surface area contributed by atoms with Crippen LogP contribution in [-0.2, 0) is 20.7 Å². The van der Waals surface area contributed by atoms with E-state index in [1.165, 1.54) is 6.92 Å². The highest BCUT2D eigenvalue weighted by Crippen LogP contribution is 2.43. The molecule has 1 aliphatic rings. The predicted octanol–water partition coefficient (Wildman–Crippen LogP) is 4.56. The Kier molecular flexibility index (Phi) is 5.08. The van der Waals surface area contributed by atoms with Gasteiger partial charge in [-0.05, 0) is 83.3 Å². The van der Waals surface area contributed by atoms with Gasteiger partial charge in [-0.2, -0.15) is 0 Å². The fraction of sp³-hybridized carbons (Fsp3) is 0.150. The normalized spacial score (nSPS) is 16.1. The van der Waals surface area contributed by atoms with Crippen molar-refractivity contribution in [2.45, 2.75) is 23.6 Å². The molecule has 0 radical (unpaired) electrons. The van der Waals surface area contributed by atoms with Crippen LogP contribution in [0.3, 0.4) is 0 Å². The van der Waals surface area contributed by atoms with Gasteiger partial charge in [0.2, 0.25) is 0 Å². The number of carbonyl (C=O) groups is 1. The molecule has 0 saturated heterocycles. The van der Waals surface area contributed by atoms with Gasteiger partial charge in [0, 0.05) is 23.0 Å². The first-order valence-electron chi connectivity index (χ1n) is 7.75. The molecule has 2 aromatic rings. The molecule has 0 aromatic heterocycles. The quantitative estimate of drug-likeness (QED) is 0.489. The lowest BCUT2D eigenvalue weighted by Gasteiger charge is -2.06. The first-order valence-corrected chi connectivity index (χ1v) is 9.76. The van der Waals surface area contributed by atoms with E-state index in [1.54, 1.807) is 6.26 Å². The largest absolute Gasteiger partial charge is 0.612 e. The number of hydrogen-bond acceptors (Lipinski definition) is 4. The molecule has 25 heavy (non-hydrogen) atoms. The van der Waals surface area contributed by atoms with Gasteiger partial charge in [-0.1, -0.05) is 0 Å². The minimum atomic E-state index is -0.998. The lowest BCUT2D eigenvalue weighted by atomic mass is 10.0. The molecule has 1 unspecified atom stereocenters. The number of rotatable bonds is 3. The summed E-state index contributed by atoms with van der Waals surface area (Å²) in [5.41, 5.74) is 4.77. The van der Waals surface area contributed by atoms with Crippen molar-refractivity contribution in [2.75, 3.05) is 6.26 Å². The molecule has 3 rings (SSSR count). The minimum absolute atomic E-state index is 0.341. The highest BCUT2D eigenvalue weighted by molar-refractivity contribution is 7.90. The summed E-state index contributed by atoms with van der Waals surface area (Å²) in [6, 6.07) is 13.4. The Hall–Kier alpha value is -1.95. The van der Waals surface area contributed by atoms with Gasteiger partial charge in [0.05, 0.1) is 0 Å². The number of esters is 1. The van der Waals surface area contributed by atoms with E-state index in [2.05, 4.69) is 12.6 Å². The van der Waals surface area contributed by atoms with E-state index in [0.29, 0.717) is 5.76 Å². The molecular weight excluding hydrogens is 352 g/mol. The van der Waals surface area contributed by atoms with Crippen molar-refractivity contribution in [1.82, 2.24) is 0 Å². The number of carbonyl (C=O) groups excluding carboxylic acids is 1. The van der Waals surface area contributed by atoms with Crippen molar-refractivity contribution in [1.29, 1.82) is 0 Å². The van der Waals surface area contributed by atoms with Crippen LogP contribution in [0.4, 0.5) is 0 Å². The van der Waals surface area contributed by atoms with Crippen molar-refractivity contribution in [2.24, 2.45) is 0 Å².